The van der Waals surface area contributed by atoms with Crippen LogP contribution in [0.4, 0.5) is 0 Å². The van der Waals surface area contributed by atoms with Gasteiger partial charge in [0.25, 0.3) is 0 Å². The van der Waals surface area contributed by atoms with Crippen LogP contribution < -0.4 is 14.8 Å². The maximum absolute atomic E-state index is 15.0. The second-order valence-corrected chi connectivity index (χ2v) is 32.8. The number of Topliss-reactive ketones (excluding diaryl/α,β-unsaturated/α-hetero) is 1. The molecular formula is C107H110N2O26. The summed E-state index contributed by atoms with van der Waals surface area (Å²) < 4.78 is 96.2. The summed E-state index contributed by atoms with van der Waals surface area (Å²) in [6.07, 6.45) is -13.0. The van der Waals surface area contributed by atoms with Gasteiger partial charge in [-0.05, 0) is 158 Å². The first-order valence-electron chi connectivity index (χ1n) is 45.4. The Kier molecular flexibility index (Phi) is 36.6. The molecule has 13 rings (SSSR count). The van der Waals surface area contributed by atoms with Crippen LogP contribution in [0.2, 0.25) is 0 Å². The highest BCUT2D eigenvalue weighted by molar-refractivity contribution is 5.93. The molecule has 2 amide bonds. The predicted molar refractivity (Wildman–Crippen MR) is 492 cm³/mol. The number of methoxy groups -OCH3 is 2. The first-order chi connectivity index (χ1) is 65.8. The smallest absolute Gasteiger partial charge is 0.338 e. The van der Waals surface area contributed by atoms with E-state index >= 15 is 4.79 Å². The number of nitrogens with one attached hydrogen (secondary N) is 1. The summed E-state index contributed by atoms with van der Waals surface area (Å²) in [7, 11) is 3.20. The molecule has 10 aromatic rings. The third kappa shape index (κ3) is 27.6. The summed E-state index contributed by atoms with van der Waals surface area (Å²) >= 11 is 0. The van der Waals surface area contributed by atoms with Gasteiger partial charge in [0.05, 0.1) is 78.8 Å². The molecule has 3 aliphatic rings. The van der Waals surface area contributed by atoms with Crippen molar-refractivity contribution in [2.24, 2.45) is 0 Å². The molecule has 10 unspecified atom stereocenters. The molecule has 0 bridgehead atoms. The first-order valence-corrected chi connectivity index (χ1v) is 45.4. The summed E-state index contributed by atoms with van der Waals surface area (Å²) in [6, 6.07) is 79.4. The van der Waals surface area contributed by atoms with E-state index in [1.807, 2.05) is 78.9 Å². The number of carbonyl (C=O) groups is 11. The zero-order valence-corrected chi connectivity index (χ0v) is 75.3. The summed E-state index contributed by atoms with van der Waals surface area (Å²) in [5.41, 5.74) is 1.54. The van der Waals surface area contributed by atoms with Gasteiger partial charge in [-0.3, -0.25) is 14.4 Å². The van der Waals surface area contributed by atoms with E-state index in [-0.39, 0.29) is 102 Å². The fraction of sp³-hybridized carbons (Fsp3) is 0.336. The summed E-state index contributed by atoms with van der Waals surface area (Å²) in [6.45, 7) is 0.446. The van der Waals surface area contributed by atoms with E-state index < -0.39 is 140 Å². The molecule has 10 aromatic carbocycles. The van der Waals surface area contributed by atoms with E-state index in [0.717, 1.165) is 23.1 Å². The largest absolute Gasteiger partial charge is 0.497 e. The average Bonchev–Trinajstić information content (AvgIpc) is 1.61. The number of ether oxygens (including phenoxy) is 15. The first kappa shape index (κ1) is 98.5. The van der Waals surface area contributed by atoms with Crippen LogP contribution in [0.15, 0.2) is 291 Å². The number of carbonyl (C=O) groups excluding carboxylic acids is 11. The zero-order chi connectivity index (χ0) is 94.7. The van der Waals surface area contributed by atoms with Crippen LogP contribution in [-0.2, 0) is 86.4 Å². The number of nitrogens with zero attached hydrogens (tertiary/aromatic N) is 1. The van der Waals surface area contributed by atoms with Crippen LogP contribution in [-0.4, -0.2) is 198 Å². The number of esters is 8. The Hall–Kier alpha value is -14.0. The van der Waals surface area contributed by atoms with E-state index in [1.54, 1.807) is 147 Å². The van der Waals surface area contributed by atoms with E-state index in [4.69, 9.17) is 71.1 Å². The summed E-state index contributed by atoms with van der Waals surface area (Å²) in [4.78, 5) is 157. The van der Waals surface area contributed by atoms with Crippen LogP contribution in [0.3, 0.4) is 0 Å². The van der Waals surface area contributed by atoms with Gasteiger partial charge in [0.2, 0.25) is 11.8 Å². The fourth-order valence-electron chi connectivity index (χ4n) is 16.3. The van der Waals surface area contributed by atoms with E-state index in [0.29, 0.717) is 75.8 Å². The quantitative estimate of drug-likeness (QED) is 0.0160. The maximum atomic E-state index is 15.0. The predicted octanol–water partition coefficient (Wildman–Crippen LogP) is 16.0. The Labute approximate surface area is 783 Å². The molecule has 3 fully saturated rings. The second kappa shape index (κ2) is 50.2. The lowest BCUT2D eigenvalue weighted by molar-refractivity contribution is -0.356. The Morgan fingerprint density at radius 1 is 0.356 bits per heavy atom. The van der Waals surface area contributed by atoms with Crippen LogP contribution >= 0.6 is 0 Å². The molecule has 3 heterocycles. The Balaban J connectivity index is 0.688. The highest BCUT2D eigenvalue weighted by Gasteiger charge is 2.59. The van der Waals surface area contributed by atoms with Gasteiger partial charge in [-0.25, -0.2) is 33.6 Å². The molecule has 28 nitrogen and oxygen atoms in total. The number of ketones is 1. The standard InChI is InChI=1S/C107H110N2O26/c1-72(110)55-64-91(113)127-86-67-83(69-126-107(80-51-31-15-32-52-80,81-56-60-84(121-2)61-57-81)82-58-62-85(122-3)63-59-82)109(68-86)90(112)54-34-16-35-65-108-89(111)53-33-6-4-5-7-36-66-123-105-96(133-103(119)78-47-27-13-28-48-78)95(132-102(118)77-45-25-12-26-46-77)93(88(128-105)71-125-99(115)74-39-19-9-20-40-74)135-106-97(134-104(120)79-49-29-14-30-50-79)94(131-101(117)76-43-23-11-24-44-76)92(130-100(116)75-41-21-10-22-42-75)87(129-106)70-124-98(114)73-37-17-8-18-38-73/h8-15,17-32,37-52,56-63,83,86-88,92-97,105-106H,4-7,16,33-36,53-55,64-71H2,1-3H3,(H,108,111)/t83-,86+,87?,88?,92?,93?,94?,95?,96?,97?,105?,106?/m0/s1. The summed E-state index contributed by atoms with van der Waals surface area (Å²) in [5.74, 6) is -6.28. The molecule has 3 aliphatic heterocycles. The molecule has 28 heteroatoms. The molecular weight excluding hydrogens is 1730 g/mol. The Morgan fingerprint density at radius 2 is 0.719 bits per heavy atom. The number of rotatable bonds is 46. The molecule has 0 spiro atoms. The minimum Gasteiger partial charge on any atom is -0.497 e. The van der Waals surface area contributed by atoms with Crippen molar-refractivity contribution in [1.82, 2.24) is 10.2 Å². The molecule has 0 aliphatic carbocycles. The molecule has 704 valence electrons. The number of benzene rings is 10. The number of hydrogen-bond acceptors (Lipinski definition) is 26. The number of unbranched alkanes of at least 4 members (excludes halogenated alkanes) is 7. The van der Waals surface area contributed by atoms with Gasteiger partial charge in [0.1, 0.15) is 60.5 Å². The lowest BCUT2D eigenvalue weighted by atomic mass is 9.80. The Bertz CT molecular complexity index is 5450. The van der Waals surface area contributed by atoms with Crippen LogP contribution in [0.25, 0.3) is 0 Å². The molecule has 0 saturated carbocycles. The topological polar surface area (TPSA) is 341 Å². The van der Waals surface area contributed by atoms with Crippen molar-refractivity contribution in [3.8, 4) is 11.5 Å². The van der Waals surface area contributed by atoms with Crippen molar-refractivity contribution >= 4 is 65.4 Å². The third-order valence-corrected chi connectivity index (χ3v) is 23.3. The lowest BCUT2D eigenvalue weighted by Gasteiger charge is -2.48. The number of amides is 2. The zero-order valence-electron chi connectivity index (χ0n) is 75.3. The second-order valence-electron chi connectivity index (χ2n) is 32.8. The molecule has 1 N–H and O–H groups in total. The summed E-state index contributed by atoms with van der Waals surface area (Å²) in [5, 5.41) is 3.03. The lowest BCUT2D eigenvalue weighted by Crippen LogP contribution is -2.67. The molecule has 12 atom stereocenters. The Morgan fingerprint density at radius 3 is 1.16 bits per heavy atom. The minimum absolute atomic E-state index is 0.00710. The van der Waals surface area contributed by atoms with E-state index in [1.165, 1.54) is 91.9 Å². The van der Waals surface area contributed by atoms with Crippen LogP contribution in [0, 0.1) is 0 Å². The number of hydrogen-bond donors (Lipinski definition) is 1. The van der Waals surface area contributed by atoms with Gasteiger partial charge >= 0.3 is 47.8 Å². The van der Waals surface area contributed by atoms with Crippen molar-refractivity contribution < 1.29 is 124 Å². The fourth-order valence-corrected chi connectivity index (χ4v) is 16.3. The SMILES string of the molecule is COc1ccc(C(OC[C@@H]2C[C@@H](OC(=O)CCC(C)=O)CN2C(=O)CCCCCNC(=O)CCCCCCCCOC2OC(COC(=O)c3ccccc3)C(OC3OC(COC(=O)c4ccccc4)C(OC(=O)c4ccccc4)C(OC(=O)c4ccccc4)C3OC(=O)c3ccccc3)C(OC(=O)c3ccccc3)C2OC(=O)c2ccccc2)(c2ccccc2)c2ccc(OC)cc2)cc1. The van der Waals surface area contributed by atoms with Crippen molar-refractivity contribution in [2.45, 2.75) is 176 Å². The van der Waals surface area contributed by atoms with Gasteiger partial charge in [0, 0.05) is 38.8 Å². The average molecular weight is 1840 g/mol. The van der Waals surface area contributed by atoms with Gasteiger partial charge < -0.3 is 86.1 Å². The molecule has 135 heavy (non-hydrogen) atoms. The van der Waals surface area contributed by atoms with Crippen molar-refractivity contribution in [2.75, 3.05) is 53.7 Å². The van der Waals surface area contributed by atoms with Gasteiger partial charge in [-0.15, -0.1) is 0 Å². The van der Waals surface area contributed by atoms with Crippen molar-refractivity contribution in [3.05, 3.63) is 347 Å². The van der Waals surface area contributed by atoms with Gasteiger partial charge in [-0.2, -0.15) is 0 Å². The van der Waals surface area contributed by atoms with E-state index in [2.05, 4.69) is 5.32 Å². The highest BCUT2D eigenvalue weighted by atomic mass is 16.8. The van der Waals surface area contributed by atoms with Gasteiger partial charge in [0.15, 0.2) is 43.1 Å². The van der Waals surface area contributed by atoms with Gasteiger partial charge in [-0.1, -0.05) is 214 Å². The highest BCUT2D eigenvalue weighted by Crippen LogP contribution is 2.44. The normalized spacial score (nSPS) is 19.6. The molecule has 0 aromatic heterocycles. The molecule has 0 radical (unpaired) electrons. The van der Waals surface area contributed by atoms with Crippen molar-refractivity contribution in [1.29, 1.82) is 0 Å². The van der Waals surface area contributed by atoms with Crippen LogP contribution in [0.1, 0.15) is 186 Å². The minimum atomic E-state index is -2.11. The molecule has 3 saturated heterocycles. The third-order valence-electron chi connectivity index (χ3n) is 23.3. The monoisotopic (exact) mass is 1840 g/mol. The van der Waals surface area contributed by atoms with E-state index in [9.17, 15) is 47.9 Å². The van der Waals surface area contributed by atoms with Crippen molar-refractivity contribution in [3.63, 3.8) is 0 Å². The van der Waals surface area contributed by atoms with Crippen LogP contribution in [0.5, 0.6) is 11.5 Å². The maximum Gasteiger partial charge on any atom is 0.338 e. The number of likely N-dealkylation sites (tertiary alicyclic amines) is 1.